The van der Waals surface area contributed by atoms with Crippen molar-refractivity contribution in [2.45, 2.75) is 25.7 Å². The number of carbonyl (C=O) groups excluding carboxylic acids is 1. The van der Waals surface area contributed by atoms with Crippen LogP contribution in [0.4, 0.5) is 5.69 Å². The van der Waals surface area contributed by atoms with Crippen molar-refractivity contribution in [1.82, 2.24) is 4.98 Å². The van der Waals surface area contributed by atoms with Crippen LogP contribution in [-0.4, -0.2) is 10.9 Å². The third kappa shape index (κ3) is 1.78. The number of carbonyl (C=O) groups is 1. The fraction of sp³-hybridized carbons (Fsp3) is 0.235. The van der Waals surface area contributed by atoms with Crippen molar-refractivity contribution in [3.63, 3.8) is 0 Å². The van der Waals surface area contributed by atoms with Gasteiger partial charge in [0.05, 0.1) is 5.57 Å². The molecule has 0 bridgehead atoms. The average Bonchev–Trinajstić information content (AvgIpc) is 3.00. The van der Waals surface area contributed by atoms with Crippen molar-refractivity contribution in [3.8, 4) is 0 Å². The number of hydrogen-bond donors (Lipinski definition) is 2. The Hall–Kier alpha value is -2.29. The summed E-state index contributed by atoms with van der Waals surface area (Å²) >= 11 is 0. The molecule has 3 heteroatoms. The van der Waals surface area contributed by atoms with Crippen LogP contribution in [0.5, 0.6) is 0 Å². The van der Waals surface area contributed by atoms with Crippen LogP contribution in [0.15, 0.2) is 30.3 Å². The molecule has 1 aromatic heterocycles. The second-order valence-electron chi connectivity index (χ2n) is 5.49. The predicted molar refractivity (Wildman–Crippen MR) is 80.4 cm³/mol. The van der Waals surface area contributed by atoms with Crippen LogP contribution in [-0.2, 0) is 17.6 Å². The van der Waals surface area contributed by atoms with Crippen molar-refractivity contribution < 1.29 is 4.79 Å². The Bertz CT molecular complexity index is 701. The van der Waals surface area contributed by atoms with Gasteiger partial charge in [-0.3, -0.25) is 4.79 Å². The second-order valence-corrected chi connectivity index (χ2v) is 5.49. The molecule has 100 valence electrons. The van der Waals surface area contributed by atoms with Gasteiger partial charge in [-0.25, -0.2) is 0 Å². The fourth-order valence-corrected chi connectivity index (χ4v) is 3.14. The first kappa shape index (κ1) is 11.5. The van der Waals surface area contributed by atoms with Gasteiger partial charge in [0.2, 0.25) is 0 Å². The Labute approximate surface area is 117 Å². The third-order valence-electron chi connectivity index (χ3n) is 4.15. The molecular weight excluding hydrogens is 248 g/mol. The van der Waals surface area contributed by atoms with Crippen molar-refractivity contribution in [2.75, 3.05) is 5.32 Å². The maximum absolute atomic E-state index is 12.1. The van der Waals surface area contributed by atoms with Gasteiger partial charge in [-0.15, -0.1) is 0 Å². The molecule has 0 atom stereocenters. The largest absolute Gasteiger partial charge is 0.359 e. The number of nitrogens with one attached hydrogen (secondary N) is 2. The van der Waals surface area contributed by atoms with Crippen LogP contribution in [0, 0.1) is 0 Å². The van der Waals surface area contributed by atoms with Crippen LogP contribution in [0.1, 0.15) is 35.4 Å². The summed E-state index contributed by atoms with van der Waals surface area (Å²) in [5.41, 5.74) is 6.44. The fourth-order valence-electron chi connectivity index (χ4n) is 3.14. The molecule has 2 aliphatic rings. The first-order valence-corrected chi connectivity index (χ1v) is 7.14. The minimum absolute atomic E-state index is 0.0150. The lowest BCUT2D eigenvalue weighted by Crippen LogP contribution is -2.03. The maximum atomic E-state index is 12.1. The van der Waals surface area contributed by atoms with Gasteiger partial charge in [-0.2, -0.15) is 0 Å². The van der Waals surface area contributed by atoms with E-state index in [9.17, 15) is 4.79 Å². The number of aryl methyl sites for hydroxylation is 2. The molecule has 2 heterocycles. The van der Waals surface area contributed by atoms with E-state index < -0.39 is 0 Å². The number of amides is 1. The van der Waals surface area contributed by atoms with E-state index in [1.807, 2.05) is 30.3 Å². The third-order valence-corrected chi connectivity index (χ3v) is 4.15. The highest BCUT2D eigenvalue weighted by Crippen LogP contribution is 2.33. The number of hydrogen-bond acceptors (Lipinski definition) is 1. The van der Waals surface area contributed by atoms with E-state index in [0.29, 0.717) is 0 Å². The van der Waals surface area contributed by atoms with Gasteiger partial charge < -0.3 is 10.3 Å². The van der Waals surface area contributed by atoms with Crippen molar-refractivity contribution in [3.05, 3.63) is 52.8 Å². The van der Waals surface area contributed by atoms with E-state index in [4.69, 9.17) is 0 Å². The Morgan fingerprint density at radius 2 is 1.95 bits per heavy atom. The number of rotatable bonds is 1. The van der Waals surface area contributed by atoms with Crippen molar-refractivity contribution >= 4 is 23.2 Å². The molecule has 0 unspecified atom stereocenters. The molecule has 0 radical (unpaired) electrons. The standard InChI is InChI=1S/C17H16N2O/c20-17-14(13-6-2-4-8-16(13)19-17)10-12-9-11-5-1-3-7-15(11)18-12/h2,4,6,8-10,18H,1,3,5,7H2,(H,19,20). The van der Waals surface area contributed by atoms with E-state index in [2.05, 4.69) is 16.4 Å². The number of para-hydroxylation sites is 1. The molecule has 3 nitrogen and oxygen atoms in total. The van der Waals surface area contributed by atoms with Crippen LogP contribution in [0.3, 0.4) is 0 Å². The minimum Gasteiger partial charge on any atom is -0.359 e. The molecule has 4 rings (SSSR count). The Kier molecular flexibility index (Phi) is 2.52. The first-order valence-electron chi connectivity index (χ1n) is 7.14. The molecule has 1 aliphatic carbocycles. The van der Waals surface area contributed by atoms with E-state index in [0.717, 1.165) is 35.4 Å². The lowest BCUT2D eigenvalue weighted by atomic mass is 9.98. The van der Waals surface area contributed by atoms with Gasteiger partial charge in [0, 0.05) is 22.6 Å². The number of H-pyrrole nitrogens is 1. The van der Waals surface area contributed by atoms with Gasteiger partial charge in [-0.1, -0.05) is 18.2 Å². The minimum atomic E-state index is -0.0150. The highest BCUT2D eigenvalue weighted by atomic mass is 16.2. The van der Waals surface area contributed by atoms with Crippen molar-refractivity contribution in [2.24, 2.45) is 0 Å². The zero-order valence-electron chi connectivity index (χ0n) is 11.2. The Morgan fingerprint density at radius 1 is 1.10 bits per heavy atom. The van der Waals surface area contributed by atoms with Gasteiger partial charge >= 0.3 is 0 Å². The lowest BCUT2D eigenvalue weighted by Gasteiger charge is -2.08. The molecule has 1 amide bonds. The number of aromatic nitrogens is 1. The summed E-state index contributed by atoms with van der Waals surface area (Å²) in [4.78, 5) is 15.5. The van der Waals surface area contributed by atoms with Crippen LogP contribution >= 0.6 is 0 Å². The maximum Gasteiger partial charge on any atom is 0.256 e. The number of benzene rings is 1. The molecule has 2 N–H and O–H groups in total. The summed E-state index contributed by atoms with van der Waals surface area (Å²) in [6, 6.07) is 10.0. The Morgan fingerprint density at radius 3 is 2.85 bits per heavy atom. The highest BCUT2D eigenvalue weighted by molar-refractivity contribution is 6.34. The van der Waals surface area contributed by atoms with Crippen LogP contribution in [0.25, 0.3) is 11.6 Å². The SMILES string of the molecule is O=C1Nc2ccccc2C1=Cc1cc2c([nH]1)CCCC2. The number of aromatic amines is 1. The van der Waals surface area contributed by atoms with Crippen LogP contribution < -0.4 is 5.32 Å². The quantitative estimate of drug-likeness (QED) is 0.762. The molecule has 1 aliphatic heterocycles. The van der Waals surface area contributed by atoms with Gasteiger partial charge in [0.1, 0.15) is 0 Å². The molecule has 0 saturated carbocycles. The van der Waals surface area contributed by atoms with Crippen LogP contribution in [0.2, 0.25) is 0 Å². The summed E-state index contributed by atoms with van der Waals surface area (Å²) in [6.45, 7) is 0. The van der Waals surface area contributed by atoms with Crippen molar-refractivity contribution in [1.29, 1.82) is 0 Å². The van der Waals surface area contributed by atoms with E-state index in [1.54, 1.807) is 0 Å². The lowest BCUT2D eigenvalue weighted by molar-refractivity contribution is -0.110. The summed E-state index contributed by atoms with van der Waals surface area (Å²) in [5.74, 6) is -0.0150. The topological polar surface area (TPSA) is 44.9 Å². The molecule has 0 fully saturated rings. The molecular formula is C17H16N2O. The summed E-state index contributed by atoms with van der Waals surface area (Å²) in [7, 11) is 0. The molecule has 0 spiro atoms. The van der Waals surface area contributed by atoms with E-state index in [-0.39, 0.29) is 5.91 Å². The predicted octanol–water partition coefficient (Wildman–Crippen LogP) is 3.39. The molecule has 0 saturated heterocycles. The van der Waals surface area contributed by atoms with Gasteiger partial charge in [-0.05, 0) is 49.5 Å². The summed E-state index contributed by atoms with van der Waals surface area (Å²) < 4.78 is 0. The number of fused-ring (bicyclic) bond motifs is 2. The van der Waals surface area contributed by atoms with E-state index in [1.165, 1.54) is 24.1 Å². The summed E-state index contributed by atoms with van der Waals surface area (Å²) in [6.07, 6.45) is 6.77. The molecule has 1 aromatic carbocycles. The zero-order chi connectivity index (χ0) is 13.5. The van der Waals surface area contributed by atoms with E-state index >= 15 is 0 Å². The smallest absolute Gasteiger partial charge is 0.256 e. The Balaban J connectivity index is 1.77. The monoisotopic (exact) mass is 264 g/mol. The summed E-state index contributed by atoms with van der Waals surface area (Å²) in [5, 5.41) is 2.91. The second kappa shape index (κ2) is 4.37. The highest BCUT2D eigenvalue weighted by Gasteiger charge is 2.23. The molecule has 20 heavy (non-hydrogen) atoms. The van der Waals surface area contributed by atoms with Gasteiger partial charge in [0.15, 0.2) is 0 Å². The zero-order valence-corrected chi connectivity index (χ0v) is 11.2. The average molecular weight is 264 g/mol. The number of anilines is 1. The molecule has 2 aromatic rings. The van der Waals surface area contributed by atoms with Gasteiger partial charge in [0.25, 0.3) is 5.91 Å². The first-order chi connectivity index (χ1) is 9.81. The normalized spacial score (nSPS) is 18.8.